The minimum Gasteiger partial charge on any atom is -0.453 e. The number of carbonyl (C=O) groups excluding carboxylic acids is 1. The smallest absolute Gasteiger partial charge is 0.412 e. The molecule has 1 heterocycles. The van der Waals surface area contributed by atoms with Gasteiger partial charge in [-0.3, -0.25) is 5.32 Å². The Kier molecular flexibility index (Phi) is 4.45. The van der Waals surface area contributed by atoms with E-state index in [-0.39, 0.29) is 0 Å². The zero-order valence-electron chi connectivity index (χ0n) is 10.4. The predicted octanol–water partition coefficient (Wildman–Crippen LogP) is 1.96. The number of hydrogen-bond acceptors (Lipinski definition) is 4. The maximum absolute atomic E-state index is 11.0. The highest BCUT2D eigenvalue weighted by molar-refractivity contribution is 5.83. The van der Waals surface area contributed by atoms with Gasteiger partial charge in [0, 0.05) is 5.69 Å². The van der Waals surface area contributed by atoms with Gasteiger partial charge in [0.15, 0.2) is 0 Å². The highest BCUT2D eigenvalue weighted by Gasteiger charge is 2.12. The molecule has 0 aliphatic carbocycles. The van der Waals surface area contributed by atoms with E-state index in [0.29, 0.717) is 18.7 Å². The summed E-state index contributed by atoms with van der Waals surface area (Å²) in [5.74, 6) is 0.449. The Morgan fingerprint density at radius 3 is 2.82 bits per heavy atom. The topological polar surface area (TPSA) is 71.5 Å². The van der Waals surface area contributed by atoms with Crippen molar-refractivity contribution in [3.8, 4) is 0 Å². The Morgan fingerprint density at radius 2 is 2.24 bits per heavy atom. The molecule has 17 heavy (non-hydrogen) atoms. The second kappa shape index (κ2) is 5.63. The van der Waals surface area contributed by atoms with E-state index in [1.807, 2.05) is 6.07 Å². The lowest BCUT2D eigenvalue weighted by Crippen LogP contribution is -2.19. The van der Waals surface area contributed by atoms with Crippen LogP contribution in [0.4, 0.5) is 10.6 Å². The highest BCUT2D eigenvalue weighted by atomic mass is 16.5. The van der Waals surface area contributed by atoms with E-state index in [2.05, 4.69) is 15.0 Å². The fourth-order valence-electron chi connectivity index (χ4n) is 1.28. The maximum Gasteiger partial charge on any atom is 0.412 e. The minimum absolute atomic E-state index is 0.449. The second-order valence-corrected chi connectivity index (χ2v) is 4.44. The van der Waals surface area contributed by atoms with Gasteiger partial charge in [0.25, 0.3) is 0 Å². The Labute approximate surface area is 101 Å². The summed E-state index contributed by atoms with van der Waals surface area (Å²) in [6.07, 6.45) is 0.721. The molecule has 0 unspecified atom stereocenters. The molecule has 0 spiro atoms. The molecule has 0 bridgehead atoms. The summed E-state index contributed by atoms with van der Waals surface area (Å²) >= 11 is 0. The predicted molar refractivity (Wildman–Crippen MR) is 64.9 cm³/mol. The summed E-state index contributed by atoms with van der Waals surface area (Å²) in [5, 5.41) is 12.1. The molecule has 0 aliphatic rings. The molecule has 0 saturated carbocycles. The number of nitrogens with one attached hydrogen (secondary N) is 1. The fraction of sp³-hybridized carbons (Fsp3) is 0.500. The van der Waals surface area contributed by atoms with E-state index in [1.165, 1.54) is 7.11 Å². The zero-order valence-corrected chi connectivity index (χ0v) is 10.4. The first-order chi connectivity index (χ1) is 7.90. The van der Waals surface area contributed by atoms with Crippen LogP contribution in [0.3, 0.4) is 0 Å². The largest absolute Gasteiger partial charge is 0.453 e. The van der Waals surface area contributed by atoms with Crippen LogP contribution in [0.2, 0.25) is 0 Å². The van der Waals surface area contributed by atoms with Gasteiger partial charge in [-0.15, -0.1) is 0 Å². The number of aliphatic hydroxyl groups is 1. The fourth-order valence-corrected chi connectivity index (χ4v) is 1.28. The Bertz CT molecular complexity index is 386. The van der Waals surface area contributed by atoms with Crippen molar-refractivity contribution in [2.75, 3.05) is 12.4 Å². The third-order valence-corrected chi connectivity index (χ3v) is 2.22. The number of anilines is 1. The van der Waals surface area contributed by atoms with E-state index < -0.39 is 11.7 Å². The van der Waals surface area contributed by atoms with Crippen molar-refractivity contribution in [2.24, 2.45) is 0 Å². The first-order valence-electron chi connectivity index (χ1n) is 5.44. The summed E-state index contributed by atoms with van der Waals surface area (Å²) < 4.78 is 4.48. The van der Waals surface area contributed by atoms with Gasteiger partial charge in [0.1, 0.15) is 5.82 Å². The monoisotopic (exact) mass is 238 g/mol. The lowest BCUT2D eigenvalue weighted by atomic mass is 10.0. The average molecular weight is 238 g/mol. The lowest BCUT2D eigenvalue weighted by molar-refractivity contribution is 0.0711. The van der Waals surface area contributed by atoms with Crippen LogP contribution >= 0.6 is 0 Å². The van der Waals surface area contributed by atoms with Gasteiger partial charge in [0.2, 0.25) is 0 Å². The van der Waals surface area contributed by atoms with Gasteiger partial charge < -0.3 is 9.84 Å². The number of aryl methyl sites for hydroxylation is 1. The molecule has 0 radical (unpaired) electrons. The van der Waals surface area contributed by atoms with E-state index in [9.17, 15) is 9.90 Å². The molecule has 1 amide bonds. The number of amides is 1. The number of methoxy groups -OCH3 is 1. The number of hydrogen-bond donors (Lipinski definition) is 2. The van der Waals surface area contributed by atoms with E-state index >= 15 is 0 Å². The van der Waals surface area contributed by atoms with E-state index in [4.69, 9.17) is 0 Å². The molecule has 5 heteroatoms. The number of nitrogens with zero attached hydrogens (tertiary/aromatic N) is 1. The molecule has 94 valence electrons. The maximum atomic E-state index is 11.0. The molecule has 0 aliphatic heterocycles. The van der Waals surface area contributed by atoms with Crippen LogP contribution in [0.25, 0.3) is 0 Å². The van der Waals surface area contributed by atoms with Crippen molar-refractivity contribution in [2.45, 2.75) is 32.3 Å². The van der Waals surface area contributed by atoms with Crippen LogP contribution in [0.1, 0.15) is 26.0 Å². The third-order valence-electron chi connectivity index (χ3n) is 2.22. The van der Waals surface area contributed by atoms with Crippen LogP contribution in [0.5, 0.6) is 0 Å². The molecule has 0 atom stereocenters. The summed E-state index contributed by atoms with van der Waals surface area (Å²) in [6, 6.07) is 5.34. The molecule has 1 aromatic heterocycles. The zero-order chi connectivity index (χ0) is 12.9. The van der Waals surface area contributed by atoms with Crippen molar-refractivity contribution in [1.29, 1.82) is 0 Å². The molecule has 0 saturated heterocycles. The van der Waals surface area contributed by atoms with Crippen LogP contribution in [0.15, 0.2) is 18.2 Å². The van der Waals surface area contributed by atoms with Crippen molar-refractivity contribution >= 4 is 11.9 Å². The second-order valence-electron chi connectivity index (χ2n) is 4.44. The standard InChI is InChI=1S/C12H18N2O3/c1-12(2,16)8-7-9-5-4-6-10(13-9)14-11(15)17-3/h4-6,16H,7-8H2,1-3H3,(H,13,14,15). The summed E-state index contributed by atoms with van der Waals surface area (Å²) in [5.41, 5.74) is 0.106. The van der Waals surface area contributed by atoms with Crippen LogP contribution in [-0.2, 0) is 11.2 Å². The van der Waals surface area contributed by atoms with Gasteiger partial charge in [0.05, 0.1) is 12.7 Å². The first-order valence-corrected chi connectivity index (χ1v) is 5.44. The van der Waals surface area contributed by atoms with E-state index in [0.717, 1.165) is 5.69 Å². The minimum atomic E-state index is -0.715. The van der Waals surface area contributed by atoms with Crippen LogP contribution in [0, 0.1) is 0 Å². The first kappa shape index (κ1) is 13.4. The lowest BCUT2D eigenvalue weighted by Gasteiger charge is -2.16. The summed E-state index contributed by atoms with van der Waals surface area (Å²) in [4.78, 5) is 15.2. The number of aromatic nitrogens is 1. The molecule has 1 aromatic rings. The molecule has 1 rings (SSSR count). The molecule has 0 fully saturated rings. The normalized spacial score (nSPS) is 11.1. The van der Waals surface area contributed by atoms with Gasteiger partial charge in [-0.05, 0) is 38.8 Å². The molecule has 5 nitrogen and oxygen atoms in total. The quantitative estimate of drug-likeness (QED) is 0.841. The Hall–Kier alpha value is -1.62. The Balaban J connectivity index is 2.63. The highest BCUT2D eigenvalue weighted by Crippen LogP contribution is 2.13. The van der Waals surface area contributed by atoms with Crippen LogP contribution < -0.4 is 5.32 Å². The molecule has 2 N–H and O–H groups in total. The number of pyridine rings is 1. The van der Waals surface area contributed by atoms with Crippen molar-refractivity contribution in [1.82, 2.24) is 4.98 Å². The SMILES string of the molecule is COC(=O)Nc1cccc(CCC(C)(C)O)n1. The third kappa shape index (κ3) is 5.31. The van der Waals surface area contributed by atoms with Crippen LogP contribution in [-0.4, -0.2) is 28.9 Å². The number of ether oxygens (including phenoxy) is 1. The average Bonchev–Trinajstić information content (AvgIpc) is 2.26. The molecular formula is C12H18N2O3. The Morgan fingerprint density at radius 1 is 1.53 bits per heavy atom. The molecular weight excluding hydrogens is 220 g/mol. The number of carbonyl (C=O) groups is 1. The summed E-state index contributed by atoms with van der Waals surface area (Å²) in [7, 11) is 1.30. The van der Waals surface area contributed by atoms with Gasteiger partial charge in [-0.1, -0.05) is 6.07 Å². The van der Waals surface area contributed by atoms with Gasteiger partial charge in [-0.2, -0.15) is 0 Å². The van der Waals surface area contributed by atoms with Crippen molar-refractivity contribution in [3.63, 3.8) is 0 Å². The van der Waals surface area contributed by atoms with E-state index in [1.54, 1.807) is 26.0 Å². The van der Waals surface area contributed by atoms with Crippen molar-refractivity contribution < 1.29 is 14.6 Å². The molecule has 0 aromatic carbocycles. The number of rotatable bonds is 4. The van der Waals surface area contributed by atoms with Gasteiger partial charge >= 0.3 is 6.09 Å². The van der Waals surface area contributed by atoms with Gasteiger partial charge in [-0.25, -0.2) is 9.78 Å². The summed E-state index contributed by atoms with van der Waals surface area (Å²) in [6.45, 7) is 3.51. The van der Waals surface area contributed by atoms with Crippen molar-refractivity contribution in [3.05, 3.63) is 23.9 Å².